The highest BCUT2D eigenvalue weighted by Gasteiger charge is 2.20. The van der Waals surface area contributed by atoms with E-state index in [1.54, 1.807) is 54.7 Å². The van der Waals surface area contributed by atoms with Crippen molar-refractivity contribution in [2.45, 2.75) is 26.2 Å². The molecule has 0 bridgehead atoms. The van der Waals surface area contributed by atoms with Crippen LogP contribution in [0, 0.1) is 0 Å². The smallest absolute Gasteiger partial charge is 0.324 e. The van der Waals surface area contributed by atoms with Gasteiger partial charge in [0.05, 0.1) is 0 Å². The van der Waals surface area contributed by atoms with Gasteiger partial charge < -0.3 is 15.2 Å². The van der Waals surface area contributed by atoms with Crippen LogP contribution in [-0.4, -0.2) is 22.1 Å². The minimum absolute atomic E-state index is 0.199. The number of hydrogen-bond acceptors (Lipinski definition) is 5. The van der Waals surface area contributed by atoms with Crippen molar-refractivity contribution in [2.75, 3.05) is 16.0 Å². The minimum atomic E-state index is -0.459. The van der Waals surface area contributed by atoms with Crippen molar-refractivity contribution in [1.82, 2.24) is 10.1 Å². The topological polar surface area (TPSA) is 109 Å². The molecule has 0 aliphatic carbocycles. The Hall–Kier alpha value is -3.68. The summed E-state index contributed by atoms with van der Waals surface area (Å²) in [5.74, 6) is 1.18. The van der Waals surface area contributed by atoms with Crippen LogP contribution in [0.3, 0.4) is 0 Å². The number of anilines is 3. The molecule has 2 aromatic heterocycles. The fraction of sp³-hybridized carbons (Fsp3) is 0.200. The van der Waals surface area contributed by atoms with Crippen molar-refractivity contribution >= 4 is 29.3 Å². The van der Waals surface area contributed by atoms with Crippen LogP contribution in [0.2, 0.25) is 0 Å². The first-order valence-corrected chi connectivity index (χ1v) is 8.69. The van der Waals surface area contributed by atoms with Gasteiger partial charge in [-0.2, -0.15) is 0 Å². The Bertz CT molecular complexity index is 960. The Morgan fingerprint density at radius 3 is 2.29 bits per heavy atom. The predicted octanol–water partition coefficient (Wildman–Crippen LogP) is 4.26. The fourth-order valence-corrected chi connectivity index (χ4v) is 2.30. The van der Waals surface area contributed by atoms with Gasteiger partial charge in [0.2, 0.25) is 0 Å². The van der Waals surface area contributed by atoms with E-state index in [9.17, 15) is 9.59 Å². The second-order valence-corrected chi connectivity index (χ2v) is 7.15. The molecule has 0 spiro atoms. The number of carbonyl (C=O) groups excluding carboxylic acids is 2. The number of nitrogens with zero attached hydrogens (tertiary/aromatic N) is 2. The molecule has 3 amide bonds. The molecule has 2 heterocycles. The van der Waals surface area contributed by atoms with Gasteiger partial charge in [-0.1, -0.05) is 32.0 Å². The fourth-order valence-electron chi connectivity index (χ4n) is 2.30. The van der Waals surface area contributed by atoms with Gasteiger partial charge in [-0.25, -0.2) is 9.78 Å². The summed E-state index contributed by atoms with van der Waals surface area (Å²) in [4.78, 5) is 28.4. The molecule has 8 nitrogen and oxygen atoms in total. The van der Waals surface area contributed by atoms with E-state index < -0.39 is 6.03 Å². The average Bonchev–Trinajstić information content (AvgIpc) is 3.12. The zero-order chi connectivity index (χ0) is 20.1. The Morgan fingerprint density at radius 1 is 0.929 bits per heavy atom. The van der Waals surface area contributed by atoms with Gasteiger partial charge in [0.15, 0.2) is 5.82 Å². The van der Waals surface area contributed by atoms with Crippen LogP contribution in [0.25, 0.3) is 0 Å². The Morgan fingerprint density at radius 2 is 1.68 bits per heavy atom. The van der Waals surface area contributed by atoms with Crippen LogP contribution in [0.15, 0.2) is 59.3 Å². The molecule has 0 radical (unpaired) electrons. The van der Waals surface area contributed by atoms with Gasteiger partial charge in [-0.15, -0.1) is 0 Å². The second kappa shape index (κ2) is 7.91. The van der Waals surface area contributed by atoms with Crippen molar-refractivity contribution in [2.24, 2.45) is 0 Å². The molecular weight excluding hydrogens is 358 g/mol. The van der Waals surface area contributed by atoms with Crippen molar-refractivity contribution in [3.63, 3.8) is 0 Å². The van der Waals surface area contributed by atoms with Gasteiger partial charge in [0.25, 0.3) is 5.91 Å². The molecule has 28 heavy (non-hydrogen) atoms. The summed E-state index contributed by atoms with van der Waals surface area (Å²) < 4.78 is 5.23. The number of carbonyl (C=O) groups is 2. The summed E-state index contributed by atoms with van der Waals surface area (Å²) >= 11 is 0. The zero-order valence-corrected chi connectivity index (χ0v) is 15.8. The van der Waals surface area contributed by atoms with E-state index in [-0.39, 0.29) is 11.3 Å². The molecule has 1 aromatic carbocycles. The van der Waals surface area contributed by atoms with Gasteiger partial charge in [0, 0.05) is 28.9 Å². The maximum atomic E-state index is 12.2. The molecule has 0 aliphatic rings. The average molecular weight is 379 g/mol. The van der Waals surface area contributed by atoms with Crippen LogP contribution in [0.1, 0.15) is 36.9 Å². The van der Waals surface area contributed by atoms with Gasteiger partial charge in [-0.3, -0.25) is 10.1 Å². The van der Waals surface area contributed by atoms with E-state index in [0.717, 1.165) is 0 Å². The highest BCUT2D eigenvalue weighted by molar-refractivity contribution is 6.04. The standard InChI is InChI=1S/C20H21N5O3/c1-20(2,3)15-12-17(25-28-15)24-19(27)22-14-9-7-13(8-10-14)18(26)23-16-6-4-5-11-21-16/h4-12H,1-3H3,(H,21,23,26)(H2,22,24,25,27). The van der Waals surface area contributed by atoms with Crippen LogP contribution in [-0.2, 0) is 5.41 Å². The number of pyridine rings is 1. The summed E-state index contributed by atoms with van der Waals surface area (Å²) in [6.45, 7) is 5.97. The molecule has 3 rings (SSSR count). The van der Waals surface area contributed by atoms with Gasteiger partial charge >= 0.3 is 6.03 Å². The molecule has 3 N–H and O–H groups in total. The SMILES string of the molecule is CC(C)(C)c1cc(NC(=O)Nc2ccc(C(=O)Nc3ccccn3)cc2)no1. The third-order valence-electron chi connectivity index (χ3n) is 3.80. The highest BCUT2D eigenvalue weighted by atomic mass is 16.5. The third-order valence-corrected chi connectivity index (χ3v) is 3.80. The Labute approximate surface area is 162 Å². The largest absolute Gasteiger partial charge is 0.359 e. The number of amides is 3. The van der Waals surface area contributed by atoms with E-state index in [0.29, 0.717) is 28.6 Å². The number of nitrogens with one attached hydrogen (secondary N) is 3. The first kappa shape index (κ1) is 19.1. The third kappa shape index (κ3) is 4.94. The molecule has 144 valence electrons. The lowest BCUT2D eigenvalue weighted by molar-refractivity contribution is 0.102. The van der Waals surface area contributed by atoms with Crippen LogP contribution in [0.5, 0.6) is 0 Å². The Balaban J connectivity index is 1.57. The number of benzene rings is 1. The number of urea groups is 1. The van der Waals surface area contributed by atoms with Crippen LogP contribution >= 0.6 is 0 Å². The molecule has 0 saturated carbocycles. The van der Waals surface area contributed by atoms with Crippen molar-refractivity contribution in [1.29, 1.82) is 0 Å². The summed E-state index contributed by atoms with van der Waals surface area (Å²) in [7, 11) is 0. The summed E-state index contributed by atoms with van der Waals surface area (Å²) in [5.41, 5.74) is 0.782. The van der Waals surface area contributed by atoms with Crippen molar-refractivity contribution < 1.29 is 14.1 Å². The summed E-state index contributed by atoms with van der Waals surface area (Å²) in [5, 5.41) is 11.8. The Kier molecular flexibility index (Phi) is 5.39. The maximum Gasteiger partial charge on any atom is 0.324 e. The highest BCUT2D eigenvalue weighted by Crippen LogP contribution is 2.24. The lowest BCUT2D eigenvalue weighted by Gasteiger charge is -2.12. The first-order valence-electron chi connectivity index (χ1n) is 8.69. The summed E-state index contributed by atoms with van der Waals surface area (Å²) in [6, 6.07) is 13.0. The van der Waals surface area contributed by atoms with E-state index in [1.165, 1.54) is 0 Å². The number of aromatic nitrogens is 2. The van der Waals surface area contributed by atoms with E-state index in [4.69, 9.17) is 4.52 Å². The van der Waals surface area contributed by atoms with Crippen molar-refractivity contribution in [3.05, 3.63) is 66.1 Å². The molecule has 3 aromatic rings. The molecular formula is C20H21N5O3. The van der Waals surface area contributed by atoms with Crippen LogP contribution in [0.4, 0.5) is 22.1 Å². The maximum absolute atomic E-state index is 12.2. The molecule has 0 fully saturated rings. The summed E-state index contributed by atoms with van der Waals surface area (Å²) in [6.07, 6.45) is 1.60. The normalized spacial score (nSPS) is 11.0. The first-order chi connectivity index (χ1) is 13.3. The molecule has 0 aliphatic heterocycles. The van der Waals surface area contributed by atoms with Crippen LogP contribution < -0.4 is 16.0 Å². The molecule has 0 saturated heterocycles. The van der Waals surface area contributed by atoms with Crippen molar-refractivity contribution in [3.8, 4) is 0 Å². The van der Waals surface area contributed by atoms with E-state index in [1.807, 2.05) is 20.8 Å². The monoisotopic (exact) mass is 379 g/mol. The number of rotatable bonds is 4. The van der Waals surface area contributed by atoms with E-state index >= 15 is 0 Å². The molecule has 8 heteroatoms. The lowest BCUT2D eigenvalue weighted by Crippen LogP contribution is -2.20. The molecule has 0 unspecified atom stereocenters. The second-order valence-electron chi connectivity index (χ2n) is 7.15. The van der Waals surface area contributed by atoms with E-state index in [2.05, 4.69) is 26.1 Å². The zero-order valence-electron chi connectivity index (χ0n) is 15.8. The quantitative estimate of drug-likeness (QED) is 0.627. The predicted molar refractivity (Wildman–Crippen MR) is 106 cm³/mol. The minimum Gasteiger partial charge on any atom is -0.359 e. The lowest BCUT2D eigenvalue weighted by atomic mass is 9.93. The number of hydrogen-bond donors (Lipinski definition) is 3. The molecule has 0 atom stereocenters. The van der Waals surface area contributed by atoms with Gasteiger partial charge in [0.1, 0.15) is 11.6 Å². The van der Waals surface area contributed by atoms with Gasteiger partial charge in [-0.05, 0) is 36.4 Å².